The monoisotopic (exact) mass is 577 g/mol. The number of phenolic OH excluding ortho intramolecular Hbond substituents is 2. The van der Waals surface area contributed by atoms with Crippen LogP contribution in [0.25, 0.3) is 0 Å². The SMILES string of the molecule is CC(C)(C)OC(=O)N1CCN(C(=O)CO/N=C2\C=C\CC/C=C/CCOC(=O)c3c(O)cc(O)c(Cl)c3C2)CC1. The van der Waals surface area contributed by atoms with Gasteiger partial charge in [-0.3, -0.25) is 4.79 Å². The van der Waals surface area contributed by atoms with Gasteiger partial charge in [0.1, 0.15) is 22.7 Å². The first-order chi connectivity index (χ1) is 19.0. The average Bonchev–Trinajstić information content (AvgIpc) is 2.88. The number of hydrogen-bond donors (Lipinski definition) is 2. The molecule has 2 aliphatic rings. The molecule has 3 rings (SSSR count). The Balaban J connectivity index is 1.71. The summed E-state index contributed by atoms with van der Waals surface area (Å²) in [6.45, 7) is 6.49. The highest BCUT2D eigenvalue weighted by Gasteiger charge is 2.28. The predicted molar refractivity (Wildman–Crippen MR) is 149 cm³/mol. The zero-order valence-corrected chi connectivity index (χ0v) is 23.8. The molecular weight excluding hydrogens is 542 g/mol. The van der Waals surface area contributed by atoms with E-state index in [-0.39, 0.29) is 41.7 Å². The van der Waals surface area contributed by atoms with Crippen LogP contribution < -0.4 is 0 Å². The molecule has 2 N–H and O–H groups in total. The van der Waals surface area contributed by atoms with Crippen molar-refractivity contribution < 1.29 is 38.9 Å². The van der Waals surface area contributed by atoms with E-state index in [1.165, 1.54) is 0 Å². The van der Waals surface area contributed by atoms with E-state index in [9.17, 15) is 24.6 Å². The summed E-state index contributed by atoms with van der Waals surface area (Å²) in [5.41, 5.74) is -0.349. The number of oxime groups is 1. The lowest BCUT2D eigenvalue weighted by Gasteiger charge is -2.35. The Hall–Kier alpha value is -3.73. The van der Waals surface area contributed by atoms with Crippen LogP contribution in [0.1, 0.15) is 56.0 Å². The van der Waals surface area contributed by atoms with E-state index in [4.69, 9.17) is 25.9 Å². The van der Waals surface area contributed by atoms with Crippen LogP contribution in [0.15, 0.2) is 35.5 Å². The Labute approximate surface area is 238 Å². The van der Waals surface area contributed by atoms with Gasteiger partial charge >= 0.3 is 12.1 Å². The third-order valence-electron chi connectivity index (χ3n) is 6.03. The predicted octanol–water partition coefficient (Wildman–Crippen LogP) is 4.20. The molecule has 0 spiro atoms. The Morgan fingerprint density at radius 2 is 1.68 bits per heavy atom. The molecule has 0 unspecified atom stereocenters. The molecule has 1 aromatic carbocycles. The van der Waals surface area contributed by atoms with Gasteiger partial charge in [0.2, 0.25) is 0 Å². The van der Waals surface area contributed by atoms with Gasteiger partial charge in [-0.1, -0.05) is 35.0 Å². The first-order valence-electron chi connectivity index (χ1n) is 13.1. The minimum atomic E-state index is -0.787. The number of fused-ring (bicyclic) bond motifs is 1. The molecule has 2 heterocycles. The van der Waals surface area contributed by atoms with Gasteiger partial charge in [0.15, 0.2) is 6.61 Å². The van der Waals surface area contributed by atoms with Crippen LogP contribution in [0, 0.1) is 0 Å². The normalized spacial score (nSPS) is 19.7. The topological polar surface area (TPSA) is 138 Å². The molecule has 0 atom stereocenters. The van der Waals surface area contributed by atoms with Crippen LogP contribution in [0.5, 0.6) is 11.5 Å². The van der Waals surface area contributed by atoms with Gasteiger partial charge in [-0.15, -0.1) is 0 Å². The number of piperazine rings is 1. The van der Waals surface area contributed by atoms with Gasteiger partial charge in [0.05, 0.1) is 17.3 Å². The second-order valence-electron chi connectivity index (χ2n) is 10.3. The lowest BCUT2D eigenvalue weighted by atomic mass is 9.99. The molecule has 12 heteroatoms. The van der Waals surface area contributed by atoms with Crippen molar-refractivity contribution >= 4 is 35.3 Å². The third kappa shape index (κ3) is 8.90. The first kappa shape index (κ1) is 30.8. The number of phenols is 2. The molecule has 218 valence electrons. The molecule has 1 aromatic rings. The van der Waals surface area contributed by atoms with Crippen molar-refractivity contribution in [2.45, 2.75) is 52.1 Å². The Morgan fingerprint density at radius 1 is 1.02 bits per heavy atom. The number of aromatic hydroxyl groups is 2. The van der Waals surface area contributed by atoms with Gasteiger partial charge in [-0.05, 0) is 51.7 Å². The van der Waals surface area contributed by atoms with Gasteiger partial charge in [-0.2, -0.15) is 0 Å². The summed E-state index contributed by atoms with van der Waals surface area (Å²) in [6, 6.07) is 0.982. The highest BCUT2D eigenvalue weighted by molar-refractivity contribution is 6.33. The summed E-state index contributed by atoms with van der Waals surface area (Å²) < 4.78 is 10.7. The molecule has 0 saturated carbocycles. The molecule has 0 aromatic heterocycles. The summed E-state index contributed by atoms with van der Waals surface area (Å²) in [6.07, 6.45) is 8.88. The second kappa shape index (κ2) is 14.1. The van der Waals surface area contributed by atoms with Gasteiger partial charge < -0.3 is 34.3 Å². The number of amides is 2. The van der Waals surface area contributed by atoms with Crippen molar-refractivity contribution in [3.8, 4) is 11.5 Å². The molecular formula is C28H36ClN3O8. The quantitative estimate of drug-likeness (QED) is 0.310. The number of carbonyl (C=O) groups excluding carboxylic acids is 3. The van der Waals surface area contributed by atoms with Crippen molar-refractivity contribution in [3.05, 3.63) is 46.5 Å². The lowest BCUT2D eigenvalue weighted by molar-refractivity contribution is -0.137. The Morgan fingerprint density at radius 3 is 2.38 bits per heavy atom. The average molecular weight is 578 g/mol. The second-order valence-corrected chi connectivity index (χ2v) is 10.7. The van der Waals surface area contributed by atoms with E-state index in [1.807, 2.05) is 18.2 Å². The maximum absolute atomic E-state index is 12.8. The van der Waals surface area contributed by atoms with Crippen LogP contribution in [0.3, 0.4) is 0 Å². The molecule has 1 saturated heterocycles. The van der Waals surface area contributed by atoms with Crippen LogP contribution in [-0.4, -0.2) is 88.7 Å². The fraction of sp³-hybridized carbons (Fsp3) is 0.500. The largest absolute Gasteiger partial charge is 0.507 e. The van der Waals surface area contributed by atoms with Crippen LogP contribution in [0.4, 0.5) is 4.79 Å². The standard InChI is InChI=1S/C28H36ClN3O8/c1-28(2,3)40-27(37)32-13-11-31(12-14-32)23(35)18-39-30-19-10-8-6-4-5-7-9-15-38-26(36)24-20(16-19)25(29)22(34)17-21(24)33/h5,7-8,10,17,33-34H,4,6,9,11-16,18H2,1-3H3/b7-5+,10-8+,30-19+. The molecule has 0 bridgehead atoms. The maximum atomic E-state index is 12.8. The van der Waals surface area contributed by atoms with Crippen molar-refractivity contribution in [2.75, 3.05) is 39.4 Å². The number of carbonyl (C=O) groups is 3. The molecule has 1 fully saturated rings. The van der Waals surface area contributed by atoms with Crippen LogP contribution in [-0.2, 0) is 25.5 Å². The van der Waals surface area contributed by atoms with E-state index in [0.29, 0.717) is 44.7 Å². The number of nitrogens with zero attached hydrogens (tertiary/aromatic N) is 3. The third-order valence-corrected chi connectivity index (χ3v) is 6.45. The van der Waals surface area contributed by atoms with Crippen LogP contribution in [0.2, 0.25) is 5.02 Å². The van der Waals surface area contributed by atoms with Gasteiger partial charge in [-0.25, -0.2) is 9.59 Å². The Kier molecular flexibility index (Phi) is 10.8. The van der Waals surface area contributed by atoms with Gasteiger partial charge in [0, 0.05) is 38.7 Å². The molecule has 11 nitrogen and oxygen atoms in total. The van der Waals surface area contributed by atoms with Crippen molar-refractivity contribution in [2.24, 2.45) is 5.16 Å². The molecule has 40 heavy (non-hydrogen) atoms. The van der Waals surface area contributed by atoms with Crippen molar-refractivity contribution in [1.82, 2.24) is 9.80 Å². The van der Waals surface area contributed by atoms with Crippen molar-refractivity contribution in [1.29, 1.82) is 0 Å². The van der Waals surface area contributed by atoms with E-state index in [2.05, 4.69) is 5.16 Å². The van der Waals surface area contributed by atoms with Gasteiger partial charge in [0.25, 0.3) is 5.91 Å². The molecule has 0 radical (unpaired) electrons. The molecule has 2 aliphatic heterocycles. The smallest absolute Gasteiger partial charge is 0.410 e. The molecule has 2 amide bonds. The van der Waals surface area contributed by atoms with Crippen LogP contribution >= 0.6 is 11.6 Å². The number of halogens is 1. The summed E-state index contributed by atoms with van der Waals surface area (Å²) >= 11 is 6.32. The number of ether oxygens (including phenoxy) is 2. The lowest BCUT2D eigenvalue weighted by Crippen LogP contribution is -2.52. The number of esters is 1. The zero-order valence-electron chi connectivity index (χ0n) is 23.0. The Bertz CT molecular complexity index is 1180. The molecule has 0 aliphatic carbocycles. The number of cyclic esters (lactones) is 1. The number of allylic oxidation sites excluding steroid dienone is 3. The fourth-order valence-electron chi connectivity index (χ4n) is 4.05. The summed E-state index contributed by atoms with van der Waals surface area (Å²) in [5, 5.41) is 24.6. The van der Waals surface area contributed by atoms with E-state index in [1.54, 1.807) is 36.6 Å². The summed E-state index contributed by atoms with van der Waals surface area (Å²) in [5.74, 6) is -1.97. The number of hydrogen-bond acceptors (Lipinski definition) is 9. The summed E-state index contributed by atoms with van der Waals surface area (Å²) in [7, 11) is 0. The van der Waals surface area contributed by atoms with E-state index < -0.39 is 29.2 Å². The highest BCUT2D eigenvalue weighted by atomic mass is 35.5. The van der Waals surface area contributed by atoms with Crippen molar-refractivity contribution in [3.63, 3.8) is 0 Å². The zero-order chi connectivity index (χ0) is 29.3. The summed E-state index contributed by atoms with van der Waals surface area (Å²) in [4.78, 5) is 46.3. The number of rotatable bonds is 3. The minimum Gasteiger partial charge on any atom is -0.507 e. The fourth-order valence-corrected chi connectivity index (χ4v) is 4.26. The highest BCUT2D eigenvalue weighted by Crippen LogP contribution is 2.37. The maximum Gasteiger partial charge on any atom is 0.410 e. The van der Waals surface area contributed by atoms with E-state index >= 15 is 0 Å². The van der Waals surface area contributed by atoms with E-state index in [0.717, 1.165) is 12.5 Å². The minimum absolute atomic E-state index is 0.0830. The first-order valence-corrected chi connectivity index (χ1v) is 13.5. The number of benzene rings is 1.